The minimum atomic E-state index is -5.86. The van der Waals surface area contributed by atoms with Crippen molar-refractivity contribution in [1.82, 2.24) is 0 Å². The molecule has 0 fully saturated rings. The van der Waals surface area contributed by atoms with Crippen LogP contribution in [0.1, 0.15) is 38.2 Å². The molecule has 0 aliphatic rings. The summed E-state index contributed by atoms with van der Waals surface area (Å²) in [7, 11) is 0. The molecule has 0 saturated heterocycles. The predicted octanol–water partition coefficient (Wildman–Crippen LogP) is 7.82. The van der Waals surface area contributed by atoms with E-state index >= 15 is 0 Å². The van der Waals surface area contributed by atoms with Gasteiger partial charge in [0.1, 0.15) is 28.5 Å². The lowest BCUT2D eigenvalue weighted by Crippen LogP contribution is -2.20. The predicted molar refractivity (Wildman–Crippen MR) is 87.7 cm³/mol. The largest absolute Gasteiger partial charge is 0.507 e. The molecule has 0 radical (unpaired) electrons. The molecule has 0 spiro atoms. The summed E-state index contributed by atoms with van der Waals surface area (Å²) in [5.41, 5.74) is -13.7. The Morgan fingerprint density at radius 1 is 0.600 bits per heavy atom. The first-order valence-corrected chi connectivity index (χ1v) is 8.46. The van der Waals surface area contributed by atoms with E-state index in [1.165, 1.54) is 0 Å². The van der Waals surface area contributed by atoms with Gasteiger partial charge in [0.2, 0.25) is 0 Å². The molecule has 0 amide bonds. The molecule has 1 N–H and O–H groups in total. The van der Waals surface area contributed by atoms with Gasteiger partial charge in [-0.05, 0) is 24.3 Å². The van der Waals surface area contributed by atoms with Crippen molar-refractivity contribution in [2.75, 3.05) is 0 Å². The number of rotatable bonds is 3. The molecule has 0 saturated carbocycles. The summed E-state index contributed by atoms with van der Waals surface area (Å²) in [6, 6.07) is -1.50. The molecule has 2 nitrogen and oxygen atoms in total. The maximum absolute atomic E-state index is 13.8. The molecule has 0 aliphatic heterocycles. The maximum Gasteiger partial charge on any atom is 0.419 e. The van der Waals surface area contributed by atoms with Crippen LogP contribution in [0.3, 0.4) is 0 Å². The molecule has 0 aliphatic carbocycles. The second-order valence-corrected chi connectivity index (χ2v) is 6.65. The molecular weight excluding hydrogens is 526 g/mol. The number of hydrogen-bond acceptors (Lipinski definition) is 2. The van der Waals surface area contributed by atoms with Crippen molar-refractivity contribution in [1.29, 1.82) is 0 Å². The molecule has 0 aromatic heterocycles. The summed E-state index contributed by atoms with van der Waals surface area (Å²) in [5.74, 6) is -8.74. The van der Waals surface area contributed by atoms with E-state index in [0.717, 1.165) is 0 Å². The number of ketones is 1. The fourth-order valence-corrected chi connectivity index (χ4v) is 2.82. The second kappa shape index (κ2) is 8.71. The third-order valence-corrected chi connectivity index (χ3v) is 4.21. The fourth-order valence-electron chi connectivity index (χ4n) is 2.82. The summed E-state index contributed by atoms with van der Waals surface area (Å²) in [6.45, 7) is 0. The van der Waals surface area contributed by atoms with E-state index in [-0.39, 0.29) is 18.2 Å². The zero-order valence-corrected chi connectivity index (χ0v) is 16.0. The third kappa shape index (κ3) is 6.03. The molecule has 2 aromatic carbocycles. The Morgan fingerprint density at radius 3 is 1.29 bits per heavy atom. The number of benzene rings is 2. The zero-order chi connectivity index (χ0) is 27.3. The quantitative estimate of drug-likeness (QED) is 0.190. The molecule has 16 heteroatoms. The van der Waals surface area contributed by atoms with Crippen molar-refractivity contribution in [2.45, 2.75) is 24.7 Å². The lowest BCUT2D eigenvalue weighted by molar-refractivity contribution is -0.163. The van der Waals surface area contributed by atoms with Crippen molar-refractivity contribution in [3.63, 3.8) is 0 Å². The van der Waals surface area contributed by atoms with Crippen LogP contribution in [0.2, 0.25) is 0 Å². The first-order valence-electron chi connectivity index (χ1n) is 8.46. The molecule has 2 aromatic rings. The van der Waals surface area contributed by atoms with Crippen molar-refractivity contribution < 1.29 is 71.4 Å². The van der Waals surface area contributed by atoms with Crippen molar-refractivity contribution in [3.8, 4) is 0 Å². The highest BCUT2D eigenvalue weighted by Gasteiger charge is 2.47. The van der Waals surface area contributed by atoms with E-state index in [1.54, 1.807) is 0 Å². The van der Waals surface area contributed by atoms with Crippen LogP contribution in [0.25, 0.3) is 5.76 Å². The van der Waals surface area contributed by atoms with Gasteiger partial charge in [-0.1, -0.05) is 0 Å². The van der Waals surface area contributed by atoms with Gasteiger partial charge in [0.05, 0.1) is 11.1 Å². The highest BCUT2D eigenvalue weighted by Crippen LogP contribution is 2.44. The molecule has 192 valence electrons. The SMILES string of the molecule is O=C(/C=C(\O)c1cc(F)c(C(F)(F)F)c(C(F)(F)F)c1)c1cc(F)c(C(F)(F)F)c(C(F)(F)F)c1. The molecule has 0 unspecified atom stereocenters. The smallest absolute Gasteiger partial charge is 0.419 e. The average Bonchev–Trinajstić information content (AvgIpc) is 2.62. The summed E-state index contributed by atoms with van der Waals surface area (Å²) in [6.07, 6.45) is -23.6. The van der Waals surface area contributed by atoms with Gasteiger partial charge in [0, 0.05) is 17.2 Å². The number of aliphatic hydroxyl groups excluding tert-OH is 1. The van der Waals surface area contributed by atoms with Crippen LogP contribution in [0, 0.1) is 11.6 Å². The standard InChI is InChI=1S/C19H6F14O2/c20-10-3-6(1-8(16(22,23)24)14(10)18(28,29)30)12(34)5-13(35)7-2-9(17(25,26)27)15(11(21)4-7)19(31,32)33/h1-5,34H/b12-5-. The van der Waals surface area contributed by atoms with E-state index in [2.05, 4.69) is 0 Å². The van der Waals surface area contributed by atoms with Crippen LogP contribution in [-0.4, -0.2) is 10.9 Å². The van der Waals surface area contributed by atoms with Crippen LogP contribution in [-0.2, 0) is 24.7 Å². The number of hydrogen-bond donors (Lipinski definition) is 1. The Labute approximate surface area is 184 Å². The van der Waals surface area contributed by atoms with Crippen LogP contribution in [0.4, 0.5) is 61.5 Å². The topological polar surface area (TPSA) is 37.3 Å². The second-order valence-electron chi connectivity index (χ2n) is 6.65. The number of alkyl halides is 12. The van der Waals surface area contributed by atoms with Crippen LogP contribution >= 0.6 is 0 Å². The minimum Gasteiger partial charge on any atom is -0.507 e. The Morgan fingerprint density at radius 2 is 0.943 bits per heavy atom. The van der Waals surface area contributed by atoms with E-state index in [4.69, 9.17) is 0 Å². The highest BCUT2D eigenvalue weighted by molar-refractivity contribution is 6.08. The van der Waals surface area contributed by atoms with Crippen LogP contribution in [0.5, 0.6) is 0 Å². The molecule has 0 heterocycles. The lowest BCUT2D eigenvalue weighted by Gasteiger charge is -2.18. The maximum atomic E-state index is 13.8. The molecule has 35 heavy (non-hydrogen) atoms. The summed E-state index contributed by atoms with van der Waals surface area (Å²) in [5, 5.41) is 9.77. The Balaban J connectivity index is 2.66. The van der Waals surface area contributed by atoms with E-state index < -0.39 is 93.4 Å². The van der Waals surface area contributed by atoms with Gasteiger partial charge in [-0.15, -0.1) is 0 Å². The van der Waals surface area contributed by atoms with Gasteiger partial charge in [0.25, 0.3) is 0 Å². The van der Waals surface area contributed by atoms with Gasteiger partial charge in [-0.2, -0.15) is 52.7 Å². The molecule has 0 atom stereocenters. The van der Waals surface area contributed by atoms with Gasteiger partial charge >= 0.3 is 24.7 Å². The third-order valence-electron chi connectivity index (χ3n) is 4.21. The Bertz CT molecular complexity index is 1180. The lowest BCUT2D eigenvalue weighted by atomic mass is 9.98. The molecule has 2 rings (SSSR count). The number of aliphatic hydroxyl groups is 1. The van der Waals surface area contributed by atoms with Crippen LogP contribution < -0.4 is 0 Å². The van der Waals surface area contributed by atoms with Gasteiger partial charge in [-0.3, -0.25) is 4.79 Å². The number of carbonyl (C=O) groups excluding carboxylic acids is 1. The minimum absolute atomic E-state index is 0.246. The first-order chi connectivity index (χ1) is 15.5. The van der Waals surface area contributed by atoms with Crippen molar-refractivity contribution in [3.05, 3.63) is 75.4 Å². The number of carbonyl (C=O) groups is 1. The van der Waals surface area contributed by atoms with Gasteiger partial charge < -0.3 is 5.11 Å². The van der Waals surface area contributed by atoms with E-state index in [9.17, 15) is 71.4 Å². The van der Waals surface area contributed by atoms with Crippen LogP contribution in [0.15, 0.2) is 30.3 Å². The van der Waals surface area contributed by atoms with Crippen molar-refractivity contribution >= 4 is 11.5 Å². The zero-order valence-electron chi connectivity index (χ0n) is 16.0. The number of halogens is 14. The molecular formula is C19H6F14O2. The molecule has 0 bridgehead atoms. The summed E-state index contributed by atoms with van der Waals surface area (Å²) >= 11 is 0. The normalized spacial score (nSPS) is 13.8. The highest BCUT2D eigenvalue weighted by atomic mass is 19.4. The van der Waals surface area contributed by atoms with E-state index in [1.807, 2.05) is 0 Å². The summed E-state index contributed by atoms with van der Waals surface area (Å²) in [4.78, 5) is 12.1. The monoisotopic (exact) mass is 532 g/mol. The number of allylic oxidation sites excluding steroid dienone is 1. The van der Waals surface area contributed by atoms with Gasteiger partial charge in [0.15, 0.2) is 5.78 Å². The average molecular weight is 532 g/mol. The Hall–Kier alpha value is -3.33. The summed E-state index contributed by atoms with van der Waals surface area (Å²) < 4.78 is 182. The first kappa shape index (κ1) is 27.9. The fraction of sp³-hybridized carbons (Fsp3) is 0.211. The van der Waals surface area contributed by atoms with Gasteiger partial charge in [-0.25, -0.2) is 8.78 Å². The van der Waals surface area contributed by atoms with E-state index in [0.29, 0.717) is 0 Å². The van der Waals surface area contributed by atoms with Crippen molar-refractivity contribution in [2.24, 2.45) is 0 Å². The Kier molecular flexibility index (Phi) is 6.95.